The Labute approximate surface area is 129 Å². The normalized spacial score (nSPS) is 9.82. The maximum Gasteiger partial charge on any atom is 0.306 e. The topological polar surface area (TPSA) is 59.3 Å². The van der Waals surface area contributed by atoms with E-state index in [1.807, 2.05) is 30.3 Å². The number of aryl methyl sites for hydroxylation is 1. The van der Waals surface area contributed by atoms with Crippen molar-refractivity contribution in [3.8, 4) is 11.8 Å². The predicted molar refractivity (Wildman–Crippen MR) is 82.3 cm³/mol. The quantitative estimate of drug-likeness (QED) is 0.768. The second kappa shape index (κ2) is 7.84. The lowest BCUT2D eigenvalue weighted by molar-refractivity contribution is -0.144. The minimum atomic E-state index is -0.270. The van der Waals surface area contributed by atoms with E-state index in [2.05, 4.69) is 6.07 Å². The van der Waals surface area contributed by atoms with Gasteiger partial charge < -0.3 is 9.47 Å². The summed E-state index contributed by atoms with van der Waals surface area (Å²) in [5, 5.41) is 8.83. The Hall–Kier alpha value is -2.80. The van der Waals surface area contributed by atoms with Gasteiger partial charge in [-0.05, 0) is 35.7 Å². The van der Waals surface area contributed by atoms with Gasteiger partial charge in [-0.3, -0.25) is 4.79 Å². The summed E-state index contributed by atoms with van der Waals surface area (Å²) in [7, 11) is 1.61. The number of nitriles is 1. The van der Waals surface area contributed by atoms with Crippen molar-refractivity contribution in [1.29, 1.82) is 5.26 Å². The second-order valence-electron chi connectivity index (χ2n) is 4.78. The van der Waals surface area contributed by atoms with Gasteiger partial charge in [-0.25, -0.2) is 0 Å². The summed E-state index contributed by atoms with van der Waals surface area (Å²) in [6, 6.07) is 16.7. The highest BCUT2D eigenvalue weighted by atomic mass is 16.5. The Kier molecular flexibility index (Phi) is 5.56. The van der Waals surface area contributed by atoms with Gasteiger partial charge in [-0.15, -0.1) is 0 Å². The Morgan fingerprint density at radius 3 is 2.77 bits per heavy atom. The lowest BCUT2D eigenvalue weighted by atomic mass is 10.1. The van der Waals surface area contributed by atoms with Crippen LogP contribution in [0.4, 0.5) is 0 Å². The second-order valence-corrected chi connectivity index (χ2v) is 4.78. The zero-order chi connectivity index (χ0) is 15.8. The van der Waals surface area contributed by atoms with E-state index in [-0.39, 0.29) is 19.0 Å². The summed E-state index contributed by atoms with van der Waals surface area (Å²) in [6.07, 6.45) is 0.861. The van der Waals surface area contributed by atoms with Crippen LogP contribution in [-0.4, -0.2) is 13.1 Å². The predicted octanol–water partition coefficient (Wildman–Crippen LogP) is 3.24. The maximum absolute atomic E-state index is 11.8. The summed E-state index contributed by atoms with van der Waals surface area (Å²) in [6.45, 7) is 0.181. The molecule has 4 heteroatoms. The molecule has 0 amide bonds. The highest BCUT2D eigenvalue weighted by Crippen LogP contribution is 2.19. The fraction of sp³-hybridized carbons (Fsp3) is 0.222. The molecule has 22 heavy (non-hydrogen) atoms. The van der Waals surface area contributed by atoms with Gasteiger partial charge in [0.2, 0.25) is 0 Å². The molecule has 0 aliphatic rings. The van der Waals surface area contributed by atoms with Crippen molar-refractivity contribution < 1.29 is 14.3 Å². The molecule has 4 nitrogen and oxygen atoms in total. The molecule has 0 atom stereocenters. The zero-order valence-corrected chi connectivity index (χ0v) is 12.4. The smallest absolute Gasteiger partial charge is 0.306 e. The third-order valence-electron chi connectivity index (χ3n) is 3.25. The van der Waals surface area contributed by atoms with E-state index in [9.17, 15) is 4.79 Å². The van der Waals surface area contributed by atoms with Crippen LogP contribution in [0.25, 0.3) is 0 Å². The average molecular weight is 295 g/mol. The number of hydrogen-bond acceptors (Lipinski definition) is 4. The molecule has 2 aromatic carbocycles. The fourth-order valence-corrected chi connectivity index (χ4v) is 2.11. The Balaban J connectivity index is 1.84. The number of para-hydroxylation sites is 1. The highest BCUT2D eigenvalue weighted by molar-refractivity contribution is 5.69. The Morgan fingerprint density at radius 2 is 2.00 bits per heavy atom. The van der Waals surface area contributed by atoms with Crippen LogP contribution >= 0.6 is 0 Å². The summed E-state index contributed by atoms with van der Waals surface area (Å²) in [5.41, 5.74) is 2.35. The van der Waals surface area contributed by atoms with Gasteiger partial charge in [0.1, 0.15) is 12.4 Å². The van der Waals surface area contributed by atoms with Crippen LogP contribution in [0.2, 0.25) is 0 Å². The van der Waals surface area contributed by atoms with Crippen LogP contribution in [0.5, 0.6) is 5.75 Å². The lowest BCUT2D eigenvalue weighted by Crippen LogP contribution is -2.06. The molecule has 0 aliphatic heterocycles. The summed E-state index contributed by atoms with van der Waals surface area (Å²) in [5.74, 6) is 0.505. The number of carbonyl (C=O) groups excluding carboxylic acids is 1. The molecule has 0 saturated heterocycles. The average Bonchev–Trinajstić information content (AvgIpc) is 2.58. The van der Waals surface area contributed by atoms with Crippen molar-refractivity contribution in [1.82, 2.24) is 0 Å². The summed E-state index contributed by atoms with van der Waals surface area (Å²) >= 11 is 0. The molecule has 0 unspecified atom stereocenters. The number of ether oxygens (including phenoxy) is 2. The fourth-order valence-electron chi connectivity index (χ4n) is 2.11. The van der Waals surface area contributed by atoms with E-state index in [1.54, 1.807) is 25.3 Å². The van der Waals surface area contributed by atoms with E-state index in [1.165, 1.54) is 0 Å². The van der Waals surface area contributed by atoms with Gasteiger partial charge >= 0.3 is 5.97 Å². The van der Waals surface area contributed by atoms with Crippen LogP contribution in [0, 0.1) is 11.3 Å². The van der Waals surface area contributed by atoms with Gasteiger partial charge in [0.05, 0.1) is 18.7 Å². The van der Waals surface area contributed by atoms with Gasteiger partial charge in [-0.1, -0.05) is 30.3 Å². The van der Waals surface area contributed by atoms with E-state index in [0.717, 1.165) is 16.9 Å². The first-order chi connectivity index (χ1) is 10.7. The van der Waals surface area contributed by atoms with Gasteiger partial charge in [-0.2, -0.15) is 5.26 Å². The molecule has 0 heterocycles. The molecule has 0 saturated carbocycles. The first-order valence-electron chi connectivity index (χ1n) is 6.99. The number of methoxy groups -OCH3 is 1. The summed E-state index contributed by atoms with van der Waals surface area (Å²) < 4.78 is 10.5. The minimum absolute atomic E-state index is 0.181. The maximum atomic E-state index is 11.8. The van der Waals surface area contributed by atoms with E-state index in [4.69, 9.17) is 14.7 Å². The number of benzene rings is 2. The van der Waals surface area contributed by atoms with Crippen LogP contribution < -0.4 is 4.74 Å². The third-order valence-corrected chi connectivity index (χ3v) is 3.25. The van der Waals surface area contributed by atoms with Crippen molar-refractivity contribution in [3.63, 3.8) is 0 Å². The van der Waals surface area contributed by atoms with Crippen LogP contribution in [0.3, 0.4) is 0 Å². The monoisotopic (exact) mass is 295 g/mol. The standard InChI is InChI=1S/C18H17NO3/c1-21-17-8-3-2-7-16(17)9-10-18(20)22-13-15-6-4-5-14(11-15)12-19/h2-8,11H,9-10,13H2,1H3. The number of nitrogens with zero attached hydrogens (tertiary/aromatic N) is 1. The van der Waals surface area contributed by atoms with Gasteiger partial charge in [0.15, 0.2) is 0 Å². The number of hydrogen-bond donors (Lipinski definition) is 0. The van der Waals surface area contributed by atoms with Crippen molar-refractivity contribution >= 4 is 5.97 Å². The van der Waals surface area contributed by atoms with Crippen LogP contribution in [0.1, 0.15) is 23.1 Å². The van der Waals surface area contributed by atoms with E-state index in [0.29, 0.717) is 12.0 Å². The third kappa shape index (κ3) is 4.35. The molecule has 0 N–H and O–H groups in total. The van der Waals surface area contributed by atoms with Gasteiger partial charge in [0, 0.05) is 6.42 Å². The van der Waals surface area contributed by atoms with Crippen molar-refractivity contribution in [2.75, 3.05) is 7.11 Å². The highest BCUT2D eigenvalue weighted by Gasteiger charge is 2.07. The molecule has 2 aromatic rings. The molecular weight excluding hydrogens is 278 g/mol. The number of carbonyl (C=O) groups is 1. The van der Waals surface area contributed by atoms with Crippen molar-refractivity contribution in [3.05, 3.63) is 65.2 Å². The number of esters is 1. The van der Waals surface area contributed by atoms with Gasteiger partial charge in [0.25, 0.3) is 0 Å². The lowest BCUT2D eigenvalue weighted by Gasteiger charge is -2.08. The minimum Gasteiger partial charge on any atom is -0.496 e. The Morgan fingerprint density at radius 1 is 1.18 bits per heavy atom. The molecule has 112 valence electrons. The summed E-state index contributed by atoms with van der Waals surface area (Å²) in [4.78, 5) is 11.8. The first-order valence-corrected chi connectivity index (χ1v) is 6.99. The van der Waals surface area contributed by atoms with E-state index >= 15 is 0 Å². The SMILES string of the molecule is COc1ccccc1CCC(=O)OCc1cccc(C#N)c1. The van der Waals surface area contributed by atoms with Crippen molar-refractivity contribution in [2.45, 2.75) is 19.4 Å². The molecular formula is C18H17NO3. The number of rotatable bonds is 6. The van der Waals surface area contributed by atoms with Crippen LogP contribution in [-0.2, 0) is 22.6 Å². The molecule has 0 bridgehead atoms. The molecule has 0 radical (unpaired) electrons. The molecule has 2 rings (SSSR count). The van der Waals surface area contributed by atoms with Crippen molar-refractivity contribution in [2.24, 2.45) is 0 Å². The Bertz CT molecular complexity index is 689. The molecule has 0 spiro atoms. The molecule has 0 aromatic heterocycles. The molecule has 0 fully saturated rings. The first kappa shape index (κ1) is 15.6. The molecule has 0 aliphatic carbocycles. The zero-order valence-electron chi connectivity index (χ0n) is 12.4. The largest absolute Gasteiger partial charge is 0.496 e. The van der Waals surface area contributed by atoms with Crippen LogP contribution in [0.15, 0.2) is 48.5 Å². The van der Waals surface area contributed by atoms with E-state index < -0.39 is 0 Å².